The van der Waals surface area contributed by atoms with Crippen molar-refractivity contribution in [2.24, 2.45) is 0 Å². The van der Waals surface area contributed by atoms with E-state index in [1.165, 1.54) is 0 Å². The SMILES string of the molecule is COC(=O)c1c(NC(=O)C(F)(F)C(F)(F)C(=O)Nc2sc3c(c2C(=O)OC)CCCCC3)sc2c1CCCCC2. The molecule has 2 heterocycles. The molecular weight excluding hydrogens is 576 g/mol. The molecule has 2 aromatic heterocycles. The average Bonchev–Trinajstić information content (AvgIpc) is 3.20. The van der Waals surface area contributed by atoms with Crippen molar-refractivity contribution in [3.05, 3.63) is 32.0 Å². The zero-order chi connectivity index (χ0) is 29.2. The molecule has 0 saturated carbocycles. The van der Waals surface area contributed by atoms with Crippen LogP contribution >= 0.6 is 22.7 Å². The standard InChI is InChI=1S/C26H28F4N2O6S2/c1-37-21(33)17-13-9-5-3-7-11-15(13)39-19(17)31-23(35)25(27,28)26(29,30)24(36)32-20-18(22(34)38-2)14-10-6-4-8-12-16(14)40-20/h3-12H2,1-2H3,(H,31,35)(H,32,36). The van der Waals surface area contributed by atoms with E-state index in [1.54, 1.807) is 10.6 Å². The number of hydrogen-bond donors (Lipinski definition) is 2. The smallest absolute Gasteiger partial charge is 0.396 e. The number of amides is 2. The number of thiophene rings is 2. The first kappa shape index (κ1) is 30.0. The molecule has 2 N–H and O–H groups in total. The summed E-state index contributed by atoms with van der Waals surface area (Å²) in [5.41, 5.74) is 0.767. The van der Waals surface area contributed by atoms with Gasteiger partial charge in [-0.3, -0.25) is 9.59 Å². The van der Waals surface area contributed by atoms with Gasteiger partial charge in [-0.15, -0.1) is 22.7 Å². The van der Waals surface area contributed by atoms with Crippen LogP contribution in [0.15, 0.2) is 0 Å². The van der Waals surface area contributed by atoms with Gasteiger partial charge in [-0.25, -0.2) is 9.59 Å². The second-order valence-corrected chi connectivity index (χ2v) is 11.8. The van der Waals surface area contributed by atoms with Crippen molar-refractivity contribution in [1.82, 2.24) is 0 Å². The predicted molar refractivity (Wildman–Crippen MR) is 141 cm³/mol. The van der Waals surface area contributed by atoms with Crippen molar-refractivity contribution in [2.45, 2.75) is 76.1 Å². The van der Waals surface area contributed by atoms with Crippen LogP contribution in [0.3, 0.4) is 0 Å². The fourth-order valence-electron chi connectivity index (χ4n) is 4.95. The number of fused-ring (bicyclic) bond motifs is 2. The number of carbonyl (C=O) groups excluding carboxylic acids is 4. The maximum atomic E-state index is 15.0. The van der Waals surface area contributed by atoms with Crippen molar-refractivity contribution >= 4 is 56.4 Å². The third-order valence-corrected chi connectivity index (χ3v) is 9.45. The Morgan fingerprint density at radius 1 is 0.625 bits per heavy atom. The molecule has 4 rings (SSSR count). The molecule has 2 aliphatic rings. The van der Waals surface area contributed by atoms with Crippen molar-refractivity contribution in [1.29, 1.82) is 0 Å². The molecule has 0 bridgehead atoms. The summed E-state index contributed by atoms with van der Waals surface area (Å²) >= 11 is 1.70. The van der Waals surface area contributed by atoms with Crippen LogP contribution < -0.4 is 10.6 Å². The van der Waals surface area contributed by atoms with E-state index in [-0.39, 0.29) is 21.1 Å². The highest BCUT2D eigenvalue weighted by molar-refractivity contribution is 7.17. The van der Waals surface area contributed by atoms with Crippen molar-refractivity contribution in [3.63, 3.8) is 0 Å². The number of esters is 2. The van der Waals surface area contributed by atoms with Gasteiger partial charge in [0.2, 0.25) is 0 Å². The summed E-state index contributed by atoms with van der Waals surface area (Å²) in [6.07, 6.45) is 6.69. The molecule has 0 saturated heterocycles. The van der Waals surface area contributed by atoms with Crippen LogP contribution in [0.5, 0.6) is 0 Å². The van der Waals surface area contributed by atoms with E-state index in [1.807, 2.05) is 0 Å². The second kappa shape index (κ2) is 11.9. The summed E-state index contributed by atoms with van der Waals surface area (Å²) in [4.78, 5) is 51.3. The first-order valence-electron chi connectivity index (χ1n) is 12.8. The van der Waals surface area contributed by atoms with E-state index < -0.39 is 35.6 Å². The highest BCUT2D eigenvalue weighted by atomic mass is 32.1. The number of rotatable bonds is 7. The number of hydrogen-bond acceptors (Lipinski definition) is 8. The molecule has 40 heavy (non-hydrogen) atoms. The summed E-state index contributed by atoms with van der Waals surface area (Å²) in [6, 6.07) is 0. The molecule has 2 amide bonds. The summed E-state index contributed by atoms with van der Waals surface area (Å²) in [5, 5.41) is 2.83. The average molecular weight is 605 g/mol. The fourth-order valence-corrected chi connectivity index (χ4v) is 7.49. The molecule has 2 aliphatic carbocycles. The van der Waals surface area contributed by atoms with Crippen LogP contribution in [0.2, 0.25) is 0 Å². The first-order chi connectivity index (χ1) is 18.9. The lowest BCUT2D eigenvalue weighted by molar-refractivity contribution is -0.204. The third-order valence-electron chi connectivity index (χ3n) is 7.04. The highest BCUT2D eigenvalue weighted by Gasteiger charge is 2.67. The molecular formula is C26H28F4N2O6S2. The lowest BCUT2D eigenvalue weighted by Gasteiger charge is -2.24. The zero-order valence-electron chi connectivity index (χ0n) is 21.8. The number of methoxy groups -OCH3 is 2. The van der Waals surface area contributed by atoms with E-state index in [2.05, 4.69) is 0 Å². The monoisotopic (exact) mass is 604 g/mol. The van der Waals surface area contributed by atoms with Gasteiger partial charge >= 0.3 is 35.6 Å². The summed E-state index contributed by atoms with van der Waals surface area (Å²) < 4.78 is 69.4. The molecule has 0 fully saturated rings. The maximum absolute atomic E-state index is 15.0. The van der Waals surface area contributed by atoms with Gasteiger partial charge in [0.15, 0.2) is 0 Å². The molecule has 0 radical (unpaired) electrons. The van der Waals surface area contributed by atoms with E-state index in [9.17, 15) is 36.7 Å². The second-order valence-electron chi connectivity index (χ2n) is 9.58. The molecule has 0 aliphatic heterocycles. The fraction of sp³-hybridized carbons (Fsp3) is 0.538. The van der Waals surface area contributed by atoms with Crippen LogP contribution in [-0.2, 0) is 44.7 Å². The lowest BCUT2D eigenvalue weighted by Crippen LogP contribution is -2.56. The van der Waals surface area contributed by atoms with E-state index in [0.29, 0.717) is 46.6 Å². The molecule has 0 atom stereocenters. The Morgan fingerprint density at radius 2 is 0.975 bits per heavy atom. The van der Waals surface area contributed by atoms with Crippen molar-refractivity contribution in [3.8, 4) is 0 Å². The Balaban J connectivity index is 1.60. The Morgan fingerprint density at radius 3 is 1.32 bits per heavy atom. The Labute approximate surface area is 235 Å². The van der Waals surface area contributed by atoms with Gasteiger partial charge in [-0.1, -0.05) is 12.8 Å². The molecule has 0 aromatic carbocycles. The molecule has 2 aromatic rings. The normalized spacial score (nSPS) is 15.7. The molecule has 218 valence electrons. The minimum atomic E-state index is -5.51. The molecule has 14 heteroatoms. The molecule has 0 spiro atoms. The summed E-state index contributed by atoms with van der Waals surface area (Å²) in [7, 11) is 2.16. The van der Waals surface area contributed by atoms with Crippen LogP contribution in [0, 0.1) is 0 Å². The van der Waals surface area contributed by atoms with Crippen LogP contribution in [-0.4, -0.2) is 49.8 Å². The predicted octanol–water partition coefficient (Wildman–Crippen LogP) is 5.77. The van der Waals surface area contributed by atoms with Gasteiger partial charge in [-0.05, 0) is 62.5 Å². The van der Waals surface area contributed by atoms with Crippen molar-refractivity contribution < 1.29 is 46.2 Å². The van der Waals surface area contributed by atoms with E-state index in [4.69, 9.17) is 9.47 Å². The Kier molecular flexibility index (Phi) is 8.88. The van der Waals surface area contributed by atoms with Crippen molar-refractivity contribution in [2.75, 3.05) is 24.9 Å². The minimum Gasteiger partial charge on any atom is -0.465 e. The van der Waals surface area contributed by atoms with E-state index >= 15 is 0 Å². The molecule has 0 unspecified atom stereocenters. The van der Waals surface area contributed by atoms with Crippen LogP contribution in [0.25, 0.3) is 0 Å². The van der Waals surface area contributed by atoms with Gasteiger partial charge in [0.1, 0.15) is 10.0 Å². The number of aryl methyl sites for hydroxylation is 2. The number of ether oxygens (including phenoxy) is 2. The summed E-state index contributed by atoms with van der Waals surface area (Å²) in [5.74, 6) is -17.7. The number of alkyl halides is 4. The zero-order valence-corrected chi connectivity index (χ0v) is 23.5. The van der Waals surface area contributed by atoms with Crippen LogP contribution in [0.4, 0.5) is 27.6 Å². The lowest BCUT2D eigenvalue weighted by atomic mass is 10.0. The minimum absolute atomic E-state index is 0.149. The van der Waals surface area contributed by atoms with Crippen LogP contribution in [0.1, 0.15) is 80.1 Å². The number of carbonyl (C=O) groups is 4. The quantitative estimate of drug-likeness (QED) is 0.236. The molecule has 8 nitrogen and oxygen atoms in total. The number of halogens is 4. The Bertz CT molecular complexity index is 1240. The van der Waals surface area contributed by atoms with Gasteiger partial charge in [0, 0.05) is 9.75 Å². The van der Waals surface area contributed by atoms with Gasteiger partial charge in [-0.2, -0.15) is 17.6 Å². The largest absolute Gasteiger partial charge is 0.465 e. The first-order valence-corrected chi connectivity index (χ1v) is 14.4. The third kappa shape index (κ3) is 5.47. The Hall–Kier alpha value is -3.00. The summed E-state index contributed by atoms with van der Waals surface area (Å²) in [6.45, 7) is 0. The topological polar surface area (TPSA) is 111 Å². The van der Waals surface area contributed by atoms with Gasteiger partial charge in [0.05, 0.1) is 25.3 Å². The highest BCUT2D eigenvalue weighted by Crippen LogP contribution is 2.43. The van der Waals surface area contributed by atoms with Gasteiger partial charge in [0.25, 0.3) is 0 Å². The van der Waals surface area contributed by atoms with Gasteiger partial charge < -0.3 is 20.1 Å². The number of anilines is 2. The van der Waals surface area contributed by atoms with E-state index in [0.717, 1.165) is 75.4 Å². The maximum Gasteiger partial charge on any atom is 0.396 e. The number of nitrogens with one attached hydrogen (secondary N) is 2.